The molecule has 2 atom stereocenters. The van der Waals surface area contributed by atoms with Crippen LogP contribution in [0.5, 0.6) is 0 Å². The first kappa shape index (κ1) is 26.5. The Kier molecular flexibility index (Phi) is 9.28. The number of halogens is 1. The molecule has 1 saturated heterocycles. The van der Waals surface area contributed by atoms with E-state index in [9.17, 15) is 9.59 Å². The average molecular weight is 499 g/mol. The van der Waals surface area contributed by atoms with Gasteiger partial charge in [-0.15, -0.1) is 0 Å². The number of allylic oxidation sites excluding steroid dienone is 2. The summed E-state index contributed by atoms with van der Waals surface area (Å²) in [4.78, 5) is 31.2. The normalized spacial score (nSPS) is 19.1. The molecule has 1 aromatic rings. The van der Waals surface area contributed by atoms with Crippen LogP contribution in [0.1, 0.15) is 18.9 Å². The summed E-state index contributed by atoms with van der Waals surface area (Å²) in [6, 6.07) is 4.58. The topological polar surface area (TPSA) is 140 Å². The largest absolute Gasteiger partial charge is 0.442 e. The highest BCUT2D eigenvalue weighted by Crippen LogP contribution is 2.28. The number of hydrazone groups is 1. The van der Waals surface area contributed by atoms with Gasteiger partial charge in [0.25, 0.3) is 0 Å². The molecule has 1 aromatic carbocycles. The summed E-state index contributed by atoms with van der Waals surface area (Å²) in [5, 5.41) is 15.7. The van der Waals surface area contributed by atoms with Gasteiger partial charge in [-0.3, -0.25) is 25.1 Å². The third kappa shape index (κ3) is 6.54. The van der Waals surface area contributed by atoms with E-state index in [0.29, 0.717) is 42.9 Å². The molecule has 1 fully saturated rings. The molecule has 11 nitrogen and oxygen atoms in total. The van der Waals surface area contributed by atoms with Gasteiger partial charge in [0.1, 0.15) is 18.1 Å². The lowest BCUT2D eigenvalue weighted by Gasteiger charge is -2.28. The second kappa shape index (κ2) is 12.6. The van der Waals surface area contributed by atoms with Crippen molar-refractivity contribution in [2.24, 2.45) is 15.8 Å². The molecule has 0 saturated carbocycles. The summed E-state index contributed by atoms with van der Waals surface area (Å²) in [6.07, 6.45) is 7.26. The molecule has 0 radical (unpaired) electrons. The smallest absolute Gasteiger partial charge is 0.414 e. The number of amides is 2. The number of cyclic esters (lactones) is 1. The van der Waals surface area contributed by atoms with Crippen molar-refractivity contribution in [3.8, 4) is 0 Å². The summed E-state index contributed by atoms with van der Waals surface area (Å²) in [5.74, 6) is -0.758. The molecule has 36 heavy (non-hydrogen) atoms. The average Bonchev–Trinajstić information content (AvgIpc) is 3.26. The number of nitrogens with zero attached hydrogens (tertiary/aromatic N) is 5. The number of hydrogen-bond donors (Lipinski definition) is 3. The van der Waals surface area contributed by atoms with Crippen LogP contribution >= 0.6 is 0 Å². The Balaban J connectivity index is 1.62. The minimum absolute atomic E-state index is 0.0932. The fourth-order valence-corrected chi connectivity index (χ4v) is 3.89. The lowest BCUT2D eigenvalue weighted by atomic mass is 10.0. The predicted octanol–water partition coefficient (Wildman–Crippen LogP) is 1.77. The monoisotopic (exact) mass is 498 g/mol. The van der Waals surface area contributed by atoms with Gasteiger partial charge < -0.3 is 20.7 Å². The molecule has 12 heteroatoms. The zero-order valence-corrected chi connectivity index (χ0v) is 20.1. The van der Waals surface area contributed by atoms with Gasteiger partial charge in [-0.2, -0.15) is 5.10 Å². The Labute approximate surface area is 209 Å². The maximum absolute atomic E-state index is 15.1. The number of dihydropyridines is 1. The number of carbonyl (C=O) groups excluding carboxylic acids is 2. The molecule has 2 aliphatic rings. The van der Waals surface area contributed by atoms with E-state index in [1.807, 2.05) is 13.0 Å². The van der Waals surface area contributed by atoms with Crippen molar-refractivity contribution in [2.75, 3.05) is 37.6 Å². The highest BCUT2D eigenvalue weighted by molar-refractivity contribution is 6.10. The summed E-state index contributed by atoms with van der Waals surface area (Å²) in [5.41, 5.74) is 6.63. The molecule has 3 rings (SSSR count). The third-order valence-electron chi connectivity index (χ3n) is 5.70. The Morgan fingerprint density at radius 3 is 2.92 bits per heavy atom. The van der Waals surface area contributed by atoms with E-state index in [1.165, 1.54) is 11.0 Å². The number of aliphatic imine (C=N–C) groups is 1. The first-order valence-corrected chi connectivity index (χ1v) is 11.5. The van der Waals surface area contributed by atoms with Gasteiger partial charge in [-0.1, -0.05) is 12.2 Å². The molecule has 0 aromatic heterocycles. The Hall–Kier alpha value is -4.06. The summed E-state index contributed by atoms with van der Waals surface area (Å²) in [6.45, 7) is 6.58. The Morgan fingerprint density at radius 2 is 2.31 bits per heavy atom. The lowest BCUT2D eigenvalue weighted by molar-refractivity contribution is -0.119. The van der Waals surface area contributed by atoms with Gasteiger partial charge >= 0.3 is 6.09 Å². The fourth-order valence-electron chi connectivity index (χ4n) is 3.89. The molecule has 0 bridgehead atoms. The second-order valence-corrected chi connectivity index (χ2v) is 8.10. The number of carbonyl (C=O) groups is 2. The van der Waals surface area contributed by atoms with E-state index in [0.717, 1.165) is 6.34 Å². The van der Waals surface area contributed by atoms with E-state index < -0.39 is 18.0 Å². The number of anilines is 1. The highest BCUT2D eigenvalue weighted by Gasteiger charge is 2.33. The van der Waals surface area contributed by atoms with Crippen LogP contribution in [0, 0.1) is 11.2 Å². The maximum Gasteiger partial charge on any atom is 0.414 e. The Bertz CT molecular complexity index is 1070. The van der Waals surface area contributed by atoms with Crippen molar-refractivity contribution in [1.82, 2.24) is 15.2 Å². The van der Waals surface area contributed by atoms with E-state index >= 15 is 4.39 Å². The number of benzene rings is 1. The van der Waals surface area contributed by atoms with Crippen LogP contribution < -0.4 is 16.0 Å². The fraction of sp³-hybridized carbons (Fsp3) is 0.375. The zero-order valence-electron chi connectivity index (χ0n) is 20.1. The third-order valence-corrected chi connectivity index (χ3v) is 5.70. The van der Waals surface area contributed by atoms with Crippen molar-refractivity contribution in [2.45, 2.75) is 25.6 Å². The number of nitrogens with two attached hydrogens (primary N) is 1. The van der Waals surface area contributed by atoms with E-state index in [4.69, 9.17) is 15.9 Å². The van der Waals surface area contributed by atoms with Crippen LogP contribution in [0.2, 0.25) is 0 Å². The van der Waals surface area contributed by atoms with Crippen LogP contribution in [0.4, 0.5) is 14.9 Å². The van der Waals surface area contributed by atoms with Crippen LogP contribution in [0.25, 0.3) is 5.57 Å². The predicted molar refractivity (Wildman–Crippen MR) is 138 cm³/mol. The maximum atomic E-state index is 15.1. The van der Waals surface area contributed by atoms with Crippen molar-refractivity contribution >= 4 is 42.5 Å². The lowest BCUT2D eigenvalue weighted by Crippen LogP contribution is -2.41. The molecule has 2 aliphatic heterocycles. The quantitative estimate of drug-likeness (QED) is 0.228. The minimum atomic E-state index is -0.549. The second-order valence-electron chi connectivity index (χ2n) is 8.10. The first-order chi connectivity index (χ1) is 17.4. The van der Waals surface area contributed by atoms with Crippen molar-refractivity contribution in [3.63, 3.8) is 0 Å². The molecule has 0 spiro atoms. The molecule has 2 amide bonds. The van der Waals surface area contributed by atoms with Crippen molar-refractivity contribution < 1.29 is 18.7 Å². The molecule has 0 aliphatic carbocycles. The SMILES string of the molecule is C=NN(/C=C\C)CC1CN(c2ccc(C3=CCC(N(C=N)CCNC(=O)CN)N=C3)c(F)c2)C(=O)O1. The van der Waals surface area contributed by atoms with Crippen LogP contribution in [0.3, 0.4) is 0 Å². The Morgan fingerprint density at radius 1 is 1.50 bits per heavy atom. The number of nitrogens with one attached hydrogen (secondary N) is 2. The minimum Gasteiger partial charge on any atom is -0.442 e. The summed E-state index contributed by atoms with van der Waals surface area (Å²) < 4.78 is 20.5. The first-order valence-electron chi connectivity index (χ1n) is 11.5. The van der Waals surface area contributed by atoms with Gasteiger partial charge in [0.15, 0.2) is 0 Å². The molecular formula is C24H31FN8O3. The highest BCUT2D eigenvalue weighted by atomic mass is 19.1. The zero-order chi connectivity index (χ0) is 26.1. The van der Waals surface area contributed by atoms with Crippen molar-refractivity contribution in [3.05, 3.63) is 47.9 Å². The van der Waals surface area contributed by atoms with Crippen molar-refractivity contribution in [1.29, 1.82) is 5.41 Å². The molecule has 2 heterocycles. The van der Waals surface area contributed by atoms with Gasteiger partial charge in [0.05, 0.1) is 31.7 Å². The molecule has 192 valence electrons. The summed E-state index contributed by atoms with van der Waals surface area (Å²) in [7, 11) is 0. The van der Waals surface area contributed by atoms with Gasteiger partial charge in [-0.05, 0) is 30.7 Å². The van der Waals surface area contributed by atoms with Crippen LogP contribution in [-0.2, 0) is 9.53 Å². The standard InChI is InChI=1S/C24H31FN8O3/c1-3-9-32(28-2)14-19-15-33(24(35)36-19)18-5-6-20(21(25)11-18)17-4-7-22(30-13-17)31(16-27)10-8-29-23(34)12-26/h3-6,9,11,13,16,19,22,27H,2,7-8,10,12,14-15,26H2,1H3,(H,29,34)/b9-3-,27-16?. The molecule has 4 N–H and O–H groups in total. The van der Waals surface area contributed by atoms with E-state index in [1.54, 1.807) is 40.5 Å². The van der Waals surface area contributed by atoms with Crippen LogP contribution in [-0.4, -0.2) is 86.2 Å². The van der Waals surface area contributed by atoms with Gasteiger partial charge in [0.2, 0.25) is 5.91 Å². The van der Waals surface area contributed by atoms with Gasteiger partial charge in [-0.25, -0.2) is 9.18 Å². The van der Waals surface area contributed by atoms with Gasteiger partial charge in [0, 0.05) is 44.2 Å². The number of rotatable bonds is 12. The van der Waals surface area contributed by atoms with Crippen LogP contribution in [0.15, 0.2) is 46.6 Å². The van der Waals surface area contributed by atoms with E-state index in [2.05, 4.69) is 22.1 Å². The summed E-state index contributed by atoms with van der Waals surface area (Å²) >= 11 is 0. The molecular weight excluding hydrogens is 467 g/mol. The number of ether oxygens (including phenoxy) is 1. The van der Waals surface area contributed by atoms with E-state index in [-0.39, 0.29) is 25.2 Å². The number of hydrogen-bond acceptors (Lipinski definition) is 8. The molecule has 2 unspecified atom stereocenters.